The molecule has 1 amide bonds. The van der Waals surface area contributed by atoms with Gasteiger partial charge in [0, 0.05) is 24.8 Å². The van der Waals surface area contributed by atoms with Crippen LogP contribution in [-0.4, -0.2) is 33.7 Å². The second-order valence-electron chi connectivity index (χ2n) is 4.19. The van der Waals surface area contributed by atoms with Crippen molar-refractivity contribution in [1.82, 2.24) is 14.7 Å². The van der Waals surface area contributed by atoms with Crippen LogP contribution in [0.3, 0.4) is 0 Å². The molecule has 4 heteroatoms. The van der Waals surface area contributed by atoms with Gasteiger partial charge in [-0.1, -0.05) is 0 Å². The monoisotopic (exact) mass is 223 g/mol. The Bertz CT molecular complexity index is 364. The highest BCUT2D eigenvalue weighted by Crippen LogP contribution is 2.11. The van der Waals surface area contributed by atoms with Crippen molar-refractivity contribution in [3.63, 3.8) is 0 Å². The Morgan fingerprint density at radius 1 is 1.44 bits per heavy atom. The van der Waals surface area contributed by atoms with Gasteiger partial charge in [0.25, 0.3) is 5.91 Å². The van der Waals surface area contributed by atoms with E-state index in [9.17, 15) is 4.79 Å². The van der Waals surface area contributed by atoms with E-state index >= 15 is 0 Å². The molecule has 0 aromatic carbocycles. The van der Waals surface area contributed by atoms with Crippen molar-refractivity contribution in [2.45, 2.75) is 40.7 Å². The summed E-state index contributed by atoms with van der Waals surface area (Å²) in [6, 6.07) is 2.15. The molecule has 0 fully saturated rings. The third-order valence-electron chi connectivity index (χ3n) is 2.68. The number of nitrogens with zero attached hydrogens (tertiary/aromatic N) is 3. The smallest absolute Gasteiger partial charge is 0.274 e. The van der Waals surface area contributed by atoms with E-state index in [0.29, 0.717) is 11.7 Å². The fourth-order valence-electron chi connectivity index (χ4n) is 1.79. The minimum atomic E-state index is 0.0208. The van der Waals surface area contributed by atoms with Gasteiger partial charge < -0.3 is 4.90 Å². The van der Waals surface area contributed by atoms with Gasteiger partial charge in [-0.25, -0.2) is 0 Å². The van der Waals surface area contributed by atoms with Crippen molar-refractivity contribution in [3.8, 4) is 0 Å². The lowest BCUT2D eigenvalue weighted by atomic mass is 10.3. The molecule has 0 atom stereocenters. The molecule has 0 saturated carbocycles. The first kappa shape index (κ1) is 12.7. The number of carbonyl (C=O) groups excluding carboxylic acids is 1. The minimum absolute atomic E-state index is 0.0208. The van der Waals surface area contributed by atoms with Crippen LogP contribution < -0.4 is 0 Å². The zero-order valence-electron chi connectivity index (χ0n) is 10.8. The lowest BCUT2D eigenvalue weighted by Crippen LogP contribution is -2.30. The van der Waals surface area contributed by atoms with Gasteiger partial charge in [-0.05, 0) is 40.7 Å². The van der Waals surface area contributed by atoms with Gasteiger partial charge >= 0.3 is 0 Å². The van der Waals surface area contributed by atoms with Crippen LogP contribution in [0.1, 0.15) is 49.9 Å². The number of rotatable bonds is 4. The van der Waals surface area contributed by atoms with E-state index in [1.54, 1.807) is 4.90 Å². The zero-order chi connectivity index (χ0) is 12.3. The van der Waals surface area contributed by atoms with Gasteiger partial charge in [0.1, 0.15) is 0 Å². The molecule has 0 saturated heterocycles. The van der Waals surface area contributed by atoms with Crippen molar-refractivity contribution < 1.29 is 4.79 Å². The molecule has 0 spiro atoms. The van der Waals surface area contributed by atoms with Gasteiger partial charge in [-0.15, -0.1) is 0 Å². The second kappa shape index (κ2) is 5.14. The highest BCUT2D eigenvalue weighted by Gasteiger charge is 2.17. The number of hydrogen-bond donors (Lipinski definition) is 0. The molecule has 0 aliphatic carbocycles. The Hall–Kier alpha value is -1.32. The molecule has 1 aromatic heterocycles. The van der Waals surface area contributed by atoms with Gasteiger partial charge in [0.15, 0.2) is 5.69 Å². The predicted octanol–water partition coefficient (Wildman–Crippen LogP) is 2.25. The maximum atomic E-state index is 12.0. The van der Waals surface area contributed by atoms with Crippen LogP contribution in [0.4, 0.5) is 0 Å². The van der Waals surface area contributed by atoms with E-state index in [-0.39, 0.29) is 5.91 Å². The van der Waals surface area contributed by atoms with Crippen molar-refractivity contribution in [1.29, 1.82) is 0 Å². The SMILES string of the molecule is CCN(CC)C(=O)c1cc(C)n(C(C)C)n1. The average molecular weight is 223 g/mol. The second-order valence-corrected chi connectivity index (χ2v) is 4.19. The fourth-order valence-corrected chi connectivity index (χ4v) is 1.79. The molecule has 16 heavy (non-hydrogen) atoms. The van der Waals surface area contributed by atoms with E-state index < -0.39 is 0 Å². The lowest BCUT2D eigenvalue weighted by Gasteiger charge is -2.16. The number of amides is 1. The Morgan fingerprint density at radius 2 is 2.00 bits per heavy atom. The molecule has 90 valence electrons. The predicted molar refractivity (Wildman–Crippen MR) is 64.6 cm³/mol. The Labute approximate surface area is 97.2 Å². The first-order chi connectivity index (χ1) is 7.51. The topological polar surface area (TPSA) is 38.1 Å². The first-order valence-electron chi connectivity index (χ1n) is 5.86. The van der Waals surface area contributed by atoms with Crippen molar-refractivity contribution in [2.75, 3.05) is 13.1 Å². The number of aromatic nitrogens is 2. The molecule has 0 aliphatic heterocycles. The molecule has 1 heterocycles. The quantitative estimate of drug-likeness (QED) is 0.785. The summed E-state index contributed by atoms with van der Waals surface area (Å²) in [5.74, 6) is 0.0208. The molecule has 0 N–H and O–H groups in total. The molecular weight excluding hydrogens is 202 g/mol. The third kappa shape index (κ3) is 2.43. The summed E-state index contributed by atoms with van der Waals surface area (Å²) in [5, 5.41) is 4.35. The average Bonchev–Trinajstić information content (AvgIpc) is 2.62. The molecule has 0 radical (unpaired) electrons. The molecule has 1 rings (SSSR count). The molecule has 0 unspecified atom stereocenters. The van der Waals surface area contributed by atoms with Crippen molar-refractivity contribution >= 4 is 5.91 Å². The van der Waals surface area contributed by atoms with Crippen LogP contribution in [0.2, 0.25) is 0 Å². The van der Waals surface area contributed by atoms with Crippen molar-refractivity contribution in [2.24, 2.45) is 0 Å². The molecular formula is C12H21N3O. The van der Waals surface area contributed by atoms with Crippen LogP contribution in [0.5, 0.6) is 0 Å². The van der Waals surface area contributed by atoms with E-state index in [4.69, 9.17) is 0 Å². The maximum absolute atomic E-state index is 12.0. The van der Waals surface area contributed by atoms with Gasteiger partial charge in [-0.3, -0.25) is 9.48 Å². The summed E-state index contributed by atoms with van der Waals surface area (Å²) in [6.45, 7) is 11.5. The van der Waals surface area contributed by atoms with E-state index in [1.807, 2.05) is 31.5 Å². The first-order valence-corrected chi connectivity index (χ1v) is 5.86. The fraction of sp³-hybridized carbons (Fsp3) is 0.667. The highest BCUT2D eigenvalue weighted by atomic mass is 16.2. The molecule has 4 nitrogen and oxygen atoms in total. The van der Waals surface area contributed by atoms with E-state index in [1.165, 1.54) is 0 Å². The summed E-state index contributed by atoms with van der Waals surface area (Å²) < 4.78 is 1.89. The van der Waals surface area contributed by atoms with Crippen LogP contribution in [0, 0.1) is 6.92 Å². The van der Waals surface area contributed by atoms with Crippen LogP contribution in [-0.2, 0) is 0 Å². The normalized spacial score (nSPS) is 10.9. The zero-order valence-corrected chi connectivity index (χ0v) is 10.8. The van der Waals surface area contributed by atoms with E-state index in [2.05, 4.69) is 18.9 Å². The summed E-state index contributed by atoms with van der Waals surface area (Å²) in [4.78, 5) is 13.8. The van der Waals surface area contributed by atoms with Crippen LogP contribution in [0.25, 0.3) is 0 Å². The molecule has 0 aliphatic rings. The highest BCUT2D eigenvalue weighted by molar-refractivity contribution is 5.92. The number of carbonyl (C=O) groups is 1. The third-order valence-corrected chi connectivity index (χ3v) is 2.68. The van der Waals surface area contributed by atoms with E-state index in [0.717, 1.165) is 18.8 Å². The number of hydrogen-bond acceptors (Lipinski definition) is 2. The maximum Gasteiger partial charge on any atom is 0.274 e. The summed E-state index contributed by atoms with van der Waals surface area (Å²) in [6.07, 6.45) is 0. The van der Waals surface area contributed by atoms with Crippen molar-refractivity contribution in [3.05, 3.63) is 17.5 Å². The van der Waals surface area contributed by atoms with Gasteiger partial charge in [-0.2, -0.15) is 5.10 Å². The Kier molecular flexibility index (Phi) is 4.10. The standard InChI is InChI=1S/C12H21N3O/c1-6-14(7-2)12(16)11-8-10(5)15(13-11)9(3)4/h8-9H,6-7H2,1-5H3. The summed E-state index contributed by atoms with van der Waals surface area (Å²) in [5.41, 5.74) is 1.58. The number of aryl methyl sites for hydroxylation is 1. The van der Waals surface area contributed by atoms with Crippen LogP contribution >= 0.6 is 0 Å². The van der Waals surface area contributed by atoms with Gasteiger partial charge in [0.05, 0.1) is 0 Å². The summed E-state index contributed by atoms with van der Waals surface area (Å²) in [7, 11) is 0. The summed E-state index contributed by atoms with van der Waals surface area (Å²) >= 11 is 0. The lowest BCUT2D eigenvalue weighted by molar-refractivity contribution is 0.0766. The van der Waals surface area contributed by atoms with Gasteiger partial charge in [0.2, 0.25) is 0 Å². The Morgan fingerprint density at radius 3 is 2.38 bits per heavy atom. The Balaban J connectivity index is 2.97. The van der Waals surface area contributed by atoms with Crippen LogP contribution in [0.15, 0.2) is 6.07 Å². The minimum Gasteiger partial charge on any atom is -0.338 e. The molecule has 1 aromatic rings. The molecule has 0 bridgehead atoms. The largest absolute Gasteiger partial charge is 0.338 e.